The highest BCUT2D eigenvalue weighted by Crippen LogP contribution is 2.47. The molecule has 156 valence electrons. The SMILES string of the molecule is O=C(c1ccccc1)[C@]1(c2ccccc2)CCC(c2ccccc2)=C(c2ccccc2)O1. The summed E-state index contributed by atoms with van der Waals surface area (Å²) in [5.41, 5.74) is 3.70. The maximum absolute atomic E-state index is 14.0. The third-order valence-corrected chi connectivity index (χ3v) is 6.08. The molecule has 4 aromatic rings. The fourth-order valence-corrected chi connectivity index (χ4v) is 4.46. The van der Waals surface area contributed by atoms with E-state index in [1.165, 1.54) is 0 Å². The number of rotatable bonds is 5. The molecule has 0 saturated heterocycles. The van der Waals surface area contributed by atoms with Crippen molar-refractivity contribution in [3.05, 3.63) is 144 Å². The Morgan fingerprint density at radius 1 is 0.625 bits per heavy atom. The summed E-state index contributed by atoms with van der Waals surface area (Å²) in [6.45, 7) is 0. The third kappa shape index (κ3) is 3.65. The fraction of sp³-hybridized carbons (Fsp3) is 0.100. The first-order valence-corrected chi connectivity index (χ1v) is 11.0. The molecule has 1 aliphatic heterocycles. The largest absolute Gasteiger partial charge is 0.473 e. The minimum Gasteiger partial charge on any atom is -0.473 e. The molecule has 0 unspecified atom stereocenters. The van der Waals surface area contributed by atoms with E-state index in [0.717, 1.165) is 34.4 Å². The molecule has 0 spiro atoms. The number of benzene rings is 4. The number of hydrogen-bond acceptors (Lipinski definition) is 2. The highest BCUT2D eigenvalue weighted by atomic mass is 16.5. The summed E-state index contributed by atoms with van der Waals surface area (Å²) in [5, 5.41) is 0. The van der Waals surface area contributed by atoms with Crippen LogP contribution in [0, 0.1) is 0 Å². The van der Waals surface area contributed by atoms with Gasteiger partial charge in [0.05, 0.1) is 0 Å². The van der Waals surface area contributed by atoms with Crippen LogP contribution in [0.5, 0.6) is 0 Å². The van der Waals surface area contributed by atoms with Gasteiger partial charge >= 0.3 is 0 Å². The summed E-state index contributed by atoms with van der Waals surface area (Å²) >= 11 is 0. The molecule has 5 rings (SSSR count). The predicted molar refractivity (Wildman–Crippen MR) is 129 cm³/mol. The van der Waals surface area contributed by atoms with E-state index in [-0.39, 0.29) is 5.78 Å². The second kappa shape index (κ2) is 8.68. The van der Waals surface area contributed by atoms with Crippen LogP contribution >= 0.6 is 0 Å². The number of allylic oxidation sites excluding steroid dienone is 1. The zero-order valence-corrected chi connectivity index (χ0v) is 17.8. The topological polar surface area (TPSA) is 26.3 Å². The predicted octanol–water partition coefficient (Wildman–Crippen LogP) is 7.14. The number of carbonyl (C=O) groups excluding carboxylic acids is 1. The van der Waals surface area contributed by atoms with Gasteiger partial charge in [-0.05, 0) is 12.0 Å². The Labute approximate surface area is 188 Å². The number of ketones is 1. The Hall–Kier alpha value is -3.91. The van der Waals surface area contributed by atoms with Crippen LogP contribution in [0.15, 0.2) is 121 Å². The van der Waals surface area contributed by atoms with Gasteiger partial charge in [0.1, 0.15) is 5.76 Å². The van der Waals surface area contributed by atoms with Gasteiger partial charge in [0.25, 0.3) is 0 Å². The van der Waals surface area contributed by atoms with Gasteiger partial charge in [-0.1, -0.05) is 121 Å². The van der Waals surface area contributed by atoms with Crippen molar-refractivity contribution in [3.63, 3.8) is 0 Å². The zero-order chi connectivity index (χ0) is 21.8. The summed E-state index contributed by atoms with van der Waals surface area (Å²) in [4.78, 5) is 14.0. The second-order valence-electron chi connectivity index (χ2n) is 8.03. The van der Waals surface area contributed by atoms with Crippen LogP contribution in [0.3, 0.4) is 0 Å². The molecule has 1 aliphatic rings. The van der Waals surface area contributed by atoms with Crippen molar-refractivity contribution in [2.75, 3.05) is 0 Å². The van der Waals surface area contributed by atoms with Crippen molar-refractivity contribution in [2.45, 2.75) is 18.4 Å². The van der Waals surface area contributed by atoms with E-state index in [1.807, 2.05) is 109 Å². The van der Waals surface area contributed by atoms with Crippen LogP contribution in [-0.2, 0) is 10.3 Å². The van der Waals surface area contributed by atoms with Crippen molar-refractivity contribution in [2.24, 2.45) is 0 Å². The molecule has 2 heteroatoms. The minimum absolute atomic E-state index is 0.00940. The zero-order valence-electron chi connectivity index (χ0n) is 17.8. The van der Waals surface area contributed by atoms with Gasteiger partial charge in [-0.25, -0.2) is 0 Å². The lowest BCUT2D eigenvalue weighted by Gasteiger charge is -2.39. The molecule has 2 nitrogen and oxygen atoms in total. The molecule has 4 aromatic carbocycles. The maximum Gasteiger partial charge on any atom is 0.211 e. The summed E-state index contributed by atoms with van der Waals surface area (Å²) in [7, 11) is 0. The Morgan fingerprint density at radius 2 is 1.12 bits per heavy atom. The normalized spacial score (nSPS) is 18.1. The minimum atomic E-state index is -1.08. The van der Waals surface area contributed by atoms with Gasteiger partial charge in [0.2, 0.25) is 5.78 Å². The molecule has 0 fully saturated rings. The van der Waals surface area contributed by atoms with Crippen LogP contribution in [-0.4, -0.2) is 5.78 Å². The van der Waals surface area contributed by atoms with E-state index >= 15 is 0 Å². The average Bonchev–Trinajstić information content (AvgIpc) is 2.90. The average molecular weight is 417 g/mol. The van der Waals surface area contributed by atoms with Crippen molar-refractivity contribution in [3.8, 4) is 0 Å². The monoisotopic (exact) mass is 416 g/mol. The van der Waals surface area contributed by atoms with E-state index in [1.54, 1.807) is 0 Å². The first-order chi connectivity index (χ1) is 15.8. The smallest absolute Gasteiger partial charge is 0.211 e. The van der Waals surface area contributed by atoms with Crippen LogP contribution < -0.4 is 0 Å². The van der Waals surface area contributed by atoms with Crippen LogP contribution in [0.4, 0.5) is 0 Å². The molecule has 0 aromatic heterocycles. The summed E-state index contributed by atoms with van der Waals surface area (Å²) in [6, 6.07) is 39.8. The molecule has 1 heterocycles. The lowest BCUT2D eigenvalue weighted by molar-refractivity contribution is 0.0216. The first-order valence-electron chi connectivity index (χ1n) is 11.0. The Bertz CT molecular complexity index is 1230. The second-order valence-corrected chi connectivity index (χ2v) is 8.03. The van der Waals surface area contributed by atoms with Gasteiger partial charge in [0.15, 0.2) is 5.60 Å². The van der Waals surface area contributed by atoms with Crippen LogP contribution in [0.25, 0.3) is 11.3 Å². The molecule has 32 heavy (non-hydrogen) atoms. The molecule has 0 bridgehead atoms. The standard InChI is InChI=1S/C30H24O2/c31-29(25-17-9-3-10-18-25)30(26-19-11-4-12-20-26)22-21-27(23-13-5-1-6-14-23)28(32-30)24-15-7-2-8-16-24/h1-20H,21-22H2/t30-/m1/s1. The van der Waals surface area contributed by atoms with Crippen LogP contribution in [0.2, 0.25) is 0 Å². The summed E-state index contributed by atoms with van der Waals surface area (Å²) in [5.74, 6) is 0.765. The maximum atomic E-state index is 14.0. The quantitative estimate of drug-likeness (QED) is 0.323. The van der Waals surface area contributed by atoms with E-state index < -0.39 is 5.60 Å². The van der Waals surface area contributed by atoms with Crippen molar-refractivity contribution in [1.82, 2.24) is 0 Å². The molecule has 1 atom stereocenters. The molecule has 0 N–H and O–H groups in total. The number of Topliss-reactive ketones (excluding diaryl/α,β-unsaturated/α-hetero) is 1. The van der Waals surface area contributed by atoms with Gasteiger partial charge in [-0.3, -0.25) is 4.79 Å². The lowest BCUT2D eigenvalue weighted by Crippen LogP contribution is -2.40. The van der Waals surface area contributed by atoms with Gasteiger partial charge in [-0.15, -0.1) is 0 Å². The molecule has 0 saturated carbocycles. The number of hydrogen-bond donors (Lipinski definition) is 0. The van der Waals surface area contributed by atoms with Crippen LogP contribution in [0.1, 0.15) is 39.9 Å². The Balaban J connectivity index is 1.70. The Morgan fingerprint density at radius 3 is 1.72 bits per heavy atom. The summed E-state index contributed by atoms with van der Waals surface area (Å²) < 4.78 is 6.86. The fourth-order valence-electron chi connectivity index (χ4n) is 4.46. The van der Waals surface area contributed by atoms with E-state index in [4.69, 9.17) is 4.74 Å². The first kappa shape index (κ1) is 20.0. The van der Waals surface area contributed by atoms with Gasteiger partial charge < -0.3 is 4.74 Å². The van der Waals surface area contributed by atoms with Crippen molar-refractivity contribution < 1.29 is 9.53 Å². The van der Waals surface area contributed by atoms with E-state index in [0.29, 0.717) is 12.0 Å². The van der Waals surface area contributed by atoms with Gasteiger partial charge in [-0.2, -0.15) is 0 Å². The molecule has 0 amide bonds. The highest BCUT2D eigenvalue weighted by Gasteiger charge is 2.46. The Kier molecular flexibility index (Phi) is 5.43. The van der Waals surface area contributed by atoms with E-state index in [2.05, 4.69) is 12.1 Å². The highest BCUT2D eigenvalue weighted by molar-refractivity contribution is 6.05. The third-order valence-electron chi connectivity index (χ3n) is 6.08. The molecule has 0 radical (unpaired) electrons. The van der Waals surface area contributed by atoms with Gasteiger partial charge in [0, 0.05) is 28.7 Å². The summed E-state index contributed by atoms with van der Waals surface area (Å²) in [6.07, 6.45) is 1.31. The number of carbonyl (C=O) groups is 1. The number of ether oxygens (including phenoxy) is 1. The van der Waals surface area contributed by atoms with E-state index in [9.17, 15) is 4.79 Å². The molecular formula is C30H24O2. The van der Waals surface area contributed by atoms with Crippen molar-refractivity contribution in [1.29, 1.82) is 0 Å². The van der Waals surface area contributed by atoms with Crippen molar-refractivity contribution >= 4 is 17.1 Å². The lowest BCUT2D eigenvalue weighted by atomic mass is 9.78. The molecule has 0 aliphatic carbocycles. The molecular weight excluding hydrogens is 392 g/mol.